The van der Waals surface area contributed by atoms with Crippen molar-refractivity contribution in [1.29, 1.82) is 0 Å². The van der Waals surface area contributed by atoms with E-state index in [0.29, 0.717) is 17.9 Å². The summed E-state index contributed by atoms with van der Waals surface area (Å²) in [6.45, 7) is 10.6. The molecule has 1 N–H and O–H groups in total. The number of carbonyl (C=O) groups excluding carboxylic acids is 2. The minimum Gasteiger partial charge on any atom is -0.497 e. The van der Waals surface area contributed by atoms with Gasteiger partial charge in [-0.1, -0.05) is 45.4 Å². The summed E-state index contributed by atoms with van der Waals surface area (Å²) in [5, 5.41) is 7.72. The van der Waals surface area contributed by atoms with Crippen LogP contribution in [0.1, 0.15) is 55.7 Å². The molecule has 34 heavy (non-hydrogen) atoms. The van der Waals surface area contributed by atoms with Crippen molar-refractivity contribution >= 4 is 17.6 Å². The molecule has 7 heteroatoms. The van der Waals surface area contributed by atoms with E-state index in [9.17, 15) is 9.59 Å². The van der Waals surface area contributed by atoms with Crippen LogP contribution in [0.4, 0.5) is 5.82 Å². The Morgan fingerprint density at radius 1 is 1.06 bits per heavy atom. The van der Waals surface area contributed by atoms with Gasteiger partial charge in [0.25, 0.3) is 5.91 Å². The van der Waals surface area contributed by atoms with E-state index in [4.69, 9.17) is 9.84 Å². The van der Waals surface area contributed by atoms with Gasteiger partial charge in [-0.15, -0.1) is 0 Å². The Labute approximate surface area is 201 Å². The number of nitrogens with one attached hydrogen (secondary N) is 1. The van der Waals surface area contributed by atoms with Gasteiger partial charge in [0.15, 0.2) is 0 Å². The summed E-state index contributed by atoms with van der Waals surface area (Å²) in [6, 6.07) is 16.8. The Balaban J connectivity index is 1.84. The summed E-state index contributed by atoms with van der Waals surface area (Å²) in [5.74, 6) is 0.863. The number of aromatic nitrogens is 2. The average Bonchev–Trinajstić information content (AvgIpc) is 3.23. The van der Waals surface area contributed by atoms with Crippen molar-refractivity contribution in [2.45, 2.75) is 46.5 Å². The Hall–Kier alpha value is -3.61. The average molecular weight is 463 g/mol. The molecule has 180 valence electrons. The largest absolute Gasteiger partial charge is 0.497 e. The maximum absolute atomic E-state index is 13.1. The summed E-state index contributed by atoms with van der Waals surface area (Å²) >= 11 is 0. The number of hydrogen-bond acceptors (Lipinski definition) is 4. The first-order valence-electron chi connectivity index (χ1n) is 11.5. The highest BCUT2D eigenvalue weighted by molar-refractivity contribution is 5.99. The Morgan fingerprint density at radius 2 is 1.71 bits per heavy atom. The molecule has 0 fully saturated rings. The van der Waals surface area contributed by atoms with Gasteiger partial charge in [0, 0.05) is 23.6 Å². The van der Waals surface area contributed by atoms with Gasteiger partial charge < -0.3 is 15.0 Å². The Morgan fingerprint density at radius 3 is 2.26 bits per heavy atom. The van der Waals surface area contributed by atoms with E-state index in [1.54, 1.807) is 28.8 Å². The molecular formula is C27H34N4O3. The number of hydrogen-bond donors (Lipinski definition) is 1. The topological polar surface area (TPSA) is 76.5 Å². The second-order valence-electron chi connectivity index (χ2n) is 9.42. The summed E-state index contributed by atoms with van der Waals surface area (Å²) < 4.78 is 6.97. The zero-order valence-corrected chi connectivity index (χ0v) is 20.9. The van der Waals surface area contributed by atoms with E-state index in [2.05, 4.69) is 26.1 Å². The molecule has 0 aliphatic heterocycles. The van der Waals surface area contributed by atoms with Crippen molar-refractivity contribution < 1.29 is 14.3 Å². The van der Waals surface area contributed by atoms with Gasteiger partial charge in [-0.25, -0.2) is 4.68 Å². The minimum absolute atomic E-state index is 0.0425. The van der Waals surface area contributed by atoms with Crippen LogP contribution in [0.3, 0.4) is 0 Å². The molecular weight excluding hydrogens is 428 g/mol. The first kappa shape index (κ1) is 25.0. The van der Waals surface area contributed by atoms with Crippen LogP contribution in [-0.4, -0.2) is 46.7 Å². The second-order valence-corrected chi connectivity index (χ2v) is 9.42. The van der Waals surface area contributed by atoms with Crippen molar-refractivity contribution in [3.8, 4) is 11.4 Å². The van der Waals surface area contributed by atoms with Crippen LogP contribution in [0.5, 0.6) is 5.75 Å². The lowest BCUT2D eigenvalue weighted by atomic mass is 9.92. The highest BCUT2D eigenvalue weighted by atomic mass is 16.5. The van der Waals surface area contributed by atoms with Gasteiger partial charge in [-0.05, 0) is 49.7 Å². The molecule has 0 aliphatic carbocycles. The lowest BCUT2D eigenvalue weighted by Gasteiger charge is -2.22. The van der Waals surface area contributed by atoms with Crippen LogP contribution >= 0.6 is 0 Å². The molecule has 2 amide bonds. The van der Waals surface area contributed by atoms with Crippen LogP contribution in [0, 0.1) is 6.92 Å². The lowest BCUT2D eigenvalue weighted by molar-refractivity contribution is -0.116. The van der Waals surface area contributed by atoms with Crippen LogP contribution in [0.25, 0.3) is 5.69 Å². The zero-order chi connectivity index (χ0) is 24.9. The molecule has 7 nitrogen and oxygen atoms in total. The minimum atomic E-state index is -0.274. The third-order valence-electron chi connectivity index (χ3n) is 5.48. The van der Waals surface area contributed by atoms with Crippen LogP contribution in [0.15, 0.2) is 54.6 Å². The van der Waals surface area contributed by atoms with Crippen molar-refractivity contribution in [3.05, 3.63) is 71.4 Å². The maximum atomic E-state index is 13.1. The highest BCUT2D eigenvalue weighted by Crippen LogP contribution is 2.27. The fourth-order valence-corrected chi connectivity index (χ4v) is 3.51. The van der Waals surface area contributed by atoms with Gasteiger partial charge in [-0.2, -0.15) is 5.10 Å². The molecule has 1 heterocycles. The molecule has 0 bridgehead atoms. The summed E-state index contributed by atoms with van der Waals surface area (Å²) in [5.41, 5.74) is 3.10. The van der Waals surface area contributed by atoms with Gasteiger partial charge >= 0.3 is 0 Å². The molecule has 0 aliphatic rings. The number of carbonyl (C=O) groups is 2. The lowest BCUT2D eigenvalue weighted by Crippen LogP contribution is -2.38. The van der Waals surface area contributed by atoms with E-state index in [-0.39, 0.29) is 23.8 Å². The van der Waals surface area contributed by atoms with Gasteiger partial charge in [0.05, 0.1) is 18.5 Å². The van der Waals surface area contributed by atoms with Crippen molar-refractivity contribution in [1.82, 2.24) is 14.7 Å². The van der Waals surface area contributed by atoms with Crippen LogP contribution < -0.4 is 10.1 Å². The number of ether oxygens (including phenoxy) is 1. The molecule has 1 aromatic heterocycles. The predicted molar refractivity (Wildman–Crippen MR) is 135 cm³/mol. The van der Waals surface area contributed by atoms with Gasteiger partial charge in [0.1, 0.15) is 18.1 Å². The van der Waals surface area contributed by atoms with E-state index in [1.807, 2.05) is 56.3 Å². The molecule has 0 atom stereocenters. The van der Waals surface area contributed by atoms with Crippen molar-refractivity contribution in [2.75, 3.05) is 25.5 Å². The Kier molecular flexibility index (Phi) is 7.76. The number of aryl methyl sites for hydroxylation is 1. The fraction of sp³-hybridized carbons (Fsp3) is 0.370. The molecule has 0 spiro atoms. The van der Waals surface area contributed by atoms with E-state index in [0.717, 1.165) is 29.1 Å². The van der Waals surface area contributed by atoms with E-state index >= 15 is 0 Å². The first-order chi connectivity index (χ1) is 16.1. The van der Waals surface area contributed by atoms with Crippen LogP contribution in [0.2, 0.25) is 0 Å². The number of nitrogens with zero attached hydrogens (tertiary/aromatic N) is 3. The second kappa shape index (κ2) is 10.5. The smallest absolute Gasteiger partial charge is 0.254 e. The summed E-state index contributed by atoms with van der Waals surface area (Å²) in [6.07, 6.45) is 0.753. The molecule has 3 rings (SSSR count). The fourth-order valence-electron chi connectivity index (χ4n) is 3.51. The monoisotopic (exact) mass is 462 g/mol. The van der Waals surface area contributed by atoms with Crippen LogP contribution in [-0.2, 0) is 10.2 Å². The highest BCUT2D eigenvalue weighted by Gasteiger charge is 2.23. The quantitative estimate of drug-likeness (QED) is 0.512. The molecule has 2 aromatic carbocycles. The van der Waals surface area contributed by atoms with E-state index < -0.39 is 0 Å². The third kappa shape index (κ3) is 6.04. The summed E-state index contributed by atoms with van der Waals surface area (Å²) in [7, 11) is 1.62. The third-order valence-corrected chi connectivity index (χ3v) is 5.48. The number of methoxy groups -OCH3 is 1. The number of rotatable bonds is 8. The molecule has 0 radical (unpaired) electrons. The number of anilines is 1. The predicted octanol–water partition coefficient (Wildman–Crippen LogP) is 4.98. The Bertz CT molecular complexity index is 1130. The normalized spacial score (nSPS) is 11.2. The van der Waals surface area contributed by atoms with Crippen molar-refractivity contribution in [2.24, 2.45) is 0 Å². The standard InChI is InChI=1S/C27H34N4O3/c1-7-16-30(26(33)20-10-8-19(2)9-11-20)18-25(32)28-24-17-23(27(3,4)5)29-31(24)21-12-14-22(34-6)15-13-21/h8-15,17H,7,16,18H2,1-6H3,(H,28,32). The molecule has 0 saturated heterocycles. The molecule has 3 aromatic rings. The van der Waals surface area contributed by atoms with E-state index in [1.165, 1.54) is 0 Å². The van der Waals surface area contributed by atoms with Crippen molar-refractivity contribution in [3.63, 3.8) is 0 Å². The number of amides is 2. The maximum Gasteiger partial charge on any atom is 0.254 e. The van der Waals surface area contributed by atoms with Gasteiger partial charge in [0.2, 0.25) is 5.91 Å². The molecule has 0 saturated carbocycles. The molecule has 0 unspecified atom stereocenters. The first-order valence-corrected chi connectivity index (χ1v) is 11.5. The SMILES string of the molecule is CCCN(CC(=O)Nc1cc(C(C)(C)C)nn1-c1ccc(OC)cc1)C(=O)c1ccc(C)cc1. The number of benzene rings is 2. The van der Waals surface area contributed by atoms with Gasteiger partial charge in [-0.3, -0.25) is 9.59 Å². The zero-order valence-electron chi connectivity index (χ0n) is 20.9. The summed E-state index contributed by atoms with van der Waals surface area (Å²) in [4.78, 5) is 27.7.